The number of aromatic nitrogens is 5. The van der Waals surface area contributed by atoms with Crippen LogP contribution in [0.3, 0.4) is 0 Å². The first-order chi connectivity index (χ1) is 17.8. The molecule has 3 heterocycles. The molecule has 0 N–H and O–H groups in total. The van der Waals surface area contributed by atoms with Crippen LogP contribution in [-0.4, -0.2) is 24.9 Å². The average molecular weight is 464 g/mol. The lowest BCUT2D eigenvalue weighted by Gasteiger charge is -2.09. The first-order valence-electron chi connectivity index (χ1n) is 11.7. The Hall–Kier alpha value is -5.03. The van der Waals surface area contributed by atoms with Crippen LogP contribution >= 0.6 is 0 Å². The lowest BCUT2D eigenvalue weighted by molar-refractivity contribution is 1.07. The van der Waals surface area contributed by atoms with E-state index in [0.717, 1.165) is 39.1 Å². The normalized spacial score (nSPS) is 10.8. The molecular weight excluding hydrogens is 442 g/mol. The smallest absolute Gasteiger partial charge is 0.164 e. The molecule has 36 heavy (non-hydrogen) atoms. The average Bonchev–Trinajstić information content (AvgIpc) is 2.98. The van der Waals surface area contributed by atoms with Crippen LogP contribution in [0.5, 0.6) is 0 Å². The van der Waals surface area contributed by atoms with E-state index in [1.807, 2.05) is 97.1 Å². The number of pyridine rings is 2. The molecule has 3 aromatic carbocycles. The van der Waals surface area contributed by atoms with Crippen molar-refractivity contribution in [3.8, 4) is 56.5 Å². The molecule has 6 rings (SSSR count). The molecule has 6 aromatic rings. The van der Waals surface area contributed by atoms with E-state index in [-0.39, 0.29) is 0 Å². The maximum absolute atomic E-state index is 4.86. The number of hydrogen-bond acceptors (Lipinski definition) is 5. The zero-order chi connectivity index (χ0) is 24.2. The van der Waals surface area contributed by atoms with Gasteiger partial charge in [-0.25, -0.2) is 15.0 Å². The van der Waals surface area contributed by atoms with Crippen LogP contribution in [-0.2, 0) is 0 Å². The lowest BCUT2D eigenvalue weighted by atomic mass is 10.0. The summed E-state index contributed by atoms with van der Waals surface area (Å²) in [6.45, 7) is 0. The summed E-state index contributed by atoms with van der Waals surface area (Å²) >= 11 is 0. The van der Waals surface area contributed by atoms with Gasteiger partial charge in [-0.05, 0) is 35.4 Å². The van der Waals surface area contributed by atoms with Gasteiger partial charge in [0.2, 0.25) is 0 Å². The molecule has 170 valence electrons. The summed E-state index contributed by atoms with van der Waals surface area (Å²) in [5.41, 5.74) is 7.00. The van der Waals surface area contributed by atoms with Gasteiger partial charge in [-0.3, -0.25) is 9.97 Å². The van der Waals surface area contributed by atoms with Gasteiger partial charge >= 0.3 is 0 Å². The number of rotatable bonds is 5. The molecule has 5 nitrogen and oxygen atoms in total. The van der Waals surface area contributed by atoms with E-state index in [1.165, 1.54) is 0 Å². The first kappa shape index (κ1) is 21.5. The minimum absolute atomic E-state index is 0.629. The van der Waals surface area contributed by atoms with Crippen LogP contribution in [0, 0.1) is 0 Å². The molecular formula is C31H21N5. The molecule has 5 heteroatoms. The van der Waals surface area contributed by atoms with Gasteiger partial charge < -0.3 is 0 Å². The van der Waals surface area contributed by atoms with Crippen molar-refractivity contribution >= 4 is 0 Å². The van der Waals surface area contributed by atoms with E-state index in [4.69, 9.17) is 15.0 Å². The fourth-order valence-corrected chi connectivity index (χ4v) is 4.03. The highest BCUT2D eigenvalue weighted by molar-refractivity contribution is 5.71. The fraction of sp³-hybridized carbons (Fsp3) is 0. The minimum Gasteiger partial charge on any atom is -0.265 e. The van der Waals surface area contributed by atoms with E-state index < -0.39 is 0 Å². The van der Waals surface area contributed by atoms with Crippen molar-refractivity contribution < 1.29 is 0 Å². The Bertz CT molecular complexity index is 1480. The lowest BCUT2D eigenvalue weighted by Crippen LogP contribution is -2.00. The summed E-state index contributed by atoms with van der Waals surface area (Å²) in [6, 6.07) is 36.3. The van der Waals surface area contributed by atoms with Gasteiger partial charge in [-0.2, -0.15) is 0 Å². The van der Waals surface area contributed by atoms with Crippen molar-refractivity contribution in [1.29, 1.82) is 0 Å². The van der Waals surface area contributed by atoms with Crippen molar-refractivity contribution in [3.63, 3.8) is 0 Å². The largest absolute Gasteiger partial charge is 0.265 e. The van der Waals surface area contributed by atoms with Crippen molar-refractivity contribution in [1.82, 2.24) is 24.9 Å². The first-order valence-corrected chi connectivity index (χ1v) is 11.7. The molecule has 0 saturated heterocycles. The van der Waals surface area contributed by atoms with E-state index in [9.17, 15) is 0 Å². The molecule has 3 aromatic heterocycles. The van der Waals surface area contributed by atoms with Crippen molar-refractivity contribution in [2.75, 3.05) is 0 Å². The maximum atomic E-state index is 4.86. The number of benzene rings is 3. The summed E-state index contributed by atoms with van der Waals surface area (Å²) in [4.78, 5) is 23.1. The Morgan fingerprint density at radius 2 is 0.806 bits per heavy atom. The highest BCUT2D eigenvalue weighted by atomic mass is 15.0. The van der Waals surface area contributed by atoms with Gasteiger partial charge in [0, 0.05) is 40.8 Å². The Balaban J connectivity index is 1.41. The SMILES string of the molecule is c1ccc(-c2nc(-c3ccc(-c4ccncc4)cc3)nc(-c3ccc(-c4ccccn4)cc3)n2)cc1. The maximum Gasteiger partial charge on any atom is 0.164 e. The Labute approximate surface area is 209 Å². The molecule has 0 aliphatic carbocycles. The third kappa shape index (κ3) is 4.50. The standard InChI is InChI=1S/C31H21N5/c1-2-6-25(7-3-1)29-34-30(26-13-9-22(10-14-26)23-17-20-32-21-18-23)36-31(35-29)27-15-11-24(12-16-27)28-8-4-5-19-33-28/h1-21H. The molecule has 0 aliphatic heterocycles. The van der Waals surface area contributed by atoms with Gasteiger partial charge in [0.15, 0.2) is 17.5 Å². The molecule has 0 spiro atoms. The summed E-state index contributed by atoms with van der Waals surface area (Å²) in [7, 11) is 0. The minimum atomic E-state index is 0.629. The summed E-state index contributed by atoms with van der Waals surface area (Å²) in [5.74, 6) is 1.90. The van der Waals surface area contributed by atoms with Crippen molar-refractivity contribution in [2.24, 2.45) is 0 Å². The van der Waals surface area contributed by atoms with Gasteiger partial charge in [0.05, 0.1) is 5.69 Å². The highest BCUT2D eigenvalue weighted by Crippen LogP contribution is 2.28. The second-order valence-corrected chi connectivity index (χ2v) is 8.28. The molecule has 0 fully saturated rings. The van der Waals surface area contributed by atoms with Gasteiger partial charge in [0.1, 0.15) is 0 Å². The van der Waals surface area contributed by atoms with E-state index in [2.05, 4.69) is 22.1 Å². The van der Waals surface area contributed by atoms with Gasteiger partial charge in [-0.15, -0.1) is 0 Å². The van der Waals surface area contributed by atoms with E-state index >= 15 is 0 Å². The molecule has 0 bridgehead atoms. The summed E-state index contributed by atoms with van der Waals surface area (Å²) in [5, 5.41) is 0. The van der Waals surface area contributed by atoms with Crippen molar-refractivity contribution in [3.05, 3.63) is 128 Å². The van der Waals surface area contributed by atoms with Gasteiger partial charge in [0.25, 0.3) is 0 Å². The van der Waals surface area contributed by atoms with Crippen LogP contribution in [0.2, 0.25) is 0 Å². The van der Waals surface area contributed by atoms with Crippen LogP contribution in [0.15, 0.2) is 128 Å². The number of nitrogens with zero attached hydrogens (tertiary/aromatic N) is 5. The fourth-order valence-electron chi connectivity index (χ4n) is 4.03. The molecule has 0 aliphatic rings. The quantitative estimate of drug-likeness (QED) is 0.275. The summed E-state index contributed by atoms with van der Waals surface area (Å²) < 4.78 is 0. The zero-order valence-corrected chi connectivity index (χ0v) is 19.4. The predicted molar refractivity (Wildman–Crippen MR) is 143 cm³/mol. The van der Waals surface area contributed by atoms with E-state index in [1.54, 1.807) is 18.6 Å². The van der Waals surface area contributed by atoms with Crippen LogP contribution in [0.1, 0.15) is 0 Å². The molecule has 0 saturated carbocycles. The van der Waals surface area contributed by atoms with E-state index in [0.29, 0.717) is 17.5 Å². The number of hydrogen-bond donors (Lipinski definition) is 0. The van der Waals surface area contributed by atoms with Crippen molar-refractivity contribution in [2.45, 2.75) is 0 Å². The monoisotopic (exact) mass is 463 g/mol. The Morgan fingerprint density at radius 3 is 1.36 bits per heavy atom. The van der Waals surface area contributed by atoms with Crippen LogP contribution in [0.4, 0.5) is 0 Å². The topological polar surface area (TPSA) is 64.5 Å². The highest BCUT2D eigenvalue weighted by Gasteiger charge is 2.13. The third-order valence-electron chi connectivity index (χ3n) is 5.93. The molecule has 0 radical (unpaired) electrons. The van der Waals surface area contributed by atoms with Crippen LogP contribution < -0.4 is 0 Å². The second-order valence-electron chi connectivity index (χ2n) is 8.28. The Morgan fingerprint density at radius 1 is 0.333 bits per heavy atom. The molecule has 0 atom stereocenters. The zero-order valence-electron chi connectivity index (χ0n) is 19.4. The molecule has 0 unspecified atom stereocenters. The third-order valence-corrected chi connectivity index (χ3v) is 5.93. The summed E-state index contributed by atoms with van der Waals surface area (Å²) in [6.07, 6.45) is 5.40. The predicted octanol–water partition coefficient (Wildman–Crippen LogP) is 7.00. The second kappa shape index (κ2) is 9.68. The van der Waals surface area contributed by atoms with Gasteiger partial charge in [-0.1, -0.05) is 84.9 Å². The Kier molecular flexibility index (Phi) is 5.78. The van der Waals surface area contributed by atoms with Crippen LogP contribution in [0.25, 0.3) is 56.5 Å². The molecule has 0 amide bonds.